The van der Waals surface area contributed by atoms with E-state index in [4.69, 9.17) is 11.6 Å². The Morgan fingerprint density at radius 2 is 2.00 bits per heavy atom. The van der Waals surface area contributed by atoms with Crippen molar-refractivity contribution in [2.75, 3.05) is 5.32 Å². The Morgan fingerprint density at radius 3 is 2.72 bits per heavy atom. The number of amides is 2. The minimum atomic E-state index is -0.604. The monoisotopic (exact) mass is 358 g/mol. The average Bonchev–Trinajstić information content (AvgIpc) is 2.57. The van der Waals surface area contributed by atoms with Crippen molar-refractivity contribution in [3.8, 4) is 0 Å². The fourth-order valence-corrected chi connectivity index (χ4v) is 3.04. The second-order valence-electron chi connectivity index (χ2n) is 5.76. The second-order valence-corrected chi connectivity index (χ2v) is 6.20. The van der Waals surface area contributed by atoms with Gasteiger partial charge in [0.1, 0.15) is 5.82 Å². The van der Waals surface area contributed by atoms with Crippen LogP contribution in [0, 0.1) is 5.82 Å². The van der Waals surface area contributed by atoms with E-state index < -0.39 is 11.9 Å². The van der Waals surface area contributed by atoms with Crippen LogP contribution in [-0.4, -0.2) is 16.7 Å². The Bertz CT molecular complexity index is 866. The first kappa shape index (κ1) is 17.2. The highest BCUT2D eigenvalue weighted by Crippen LogP contribution is 2.33. The summed E-state index contributed by atoms with van der Waals surface area (Å²) >= 11 is 5.71. The predicted molar refractivity (Wildman–Crippen MR) is 95.4 cm³/mol. The van der Waals surface area contributed by atoms with Crippen molar-refractivity contribution in [2.45, 2.75) is 19.4 Å². The molecule has 0 saturated carbocycles. The molecule has 0 saturated heterocycles. The van der Waals surface area contributed by atoms with E-state index in [2.05, 4.69) is 5.32 Å². The van der Waals surface area contributed by atoms with Gasteiger partial charge in [-0.25, -0.2) is 4.39 Å². The first-order chi connectivity index (χ1) is 12.0. The van der Waals surface area contributed by atoms with Gasteiger partial charge in [-0.05, 0) is 35.4 Å². The molecule has 0 fully saturated rings. The van der Waals surface area contributed by atoms with Crippen molar-refractivity contribution < 1.29 is 14.0 Å². The summed E-state index contributed by atoms with van der Waals surface area (Å²) in [4.78, 5) is 25.9. The molecule has 2 amide bonds. The summed E-state index contributed by atoms with van der Waals surface area (Å²) in [6.07, 6.45) is 3.53. The fourth-order valence-electron chi connectivity index (χ4n) is 2.88. The highest BCUT2D eigenvalue weighted by molar-refractivity contribution is 6.30. The molecule has 6 heteroatoms. The summed E-state index contributed by atoms with van der Waals surface area (Å²) in [7, 11) is 0. The predicted octanol–water partition coefficient (Wildman–Crippen LogP) is 4.38. The van der Waals surface area contributed by atoms with Crippen molar-refractivity contribution >= 4 is 35.2 Å². The maximum absolute atomic E-state index is 13.9. The van der Waals surface area contributed by atoms with Crippen LogP contribution in [-0.2, 0) is 9.59 Å². The zero-order chi connectivity index (χ0) is 18.0. The molecule has 0 aliphatic carbocycles. The lowest BCUT2D eigenvalue weighted by molar-refractivity contribution is -0.129. The van der Waals surface area contributed by atoms with Crippen molar-refractivity contribution in [1.82, 2.24) is 4.90 Å². The van der Waals surface area contributed by atoms with Crippen LogP contribution in [0.3, 0.4) is 0 Å². The average molecular weight is 359 g/mol. The molecule has 128 valence electrons. The Morgan fingerprint density at radius 1 is 1.24 bits per heavy atom. The van der Waals surface area contributed by atoms with Gasteiger partial charge in [-0.1, -0.05) is 35.9 Å². The first-order valence-electron chi connectivity index (χ1n) is 7.76. The number of carbonyl (C=O) groups is 2. The number of hydrogen-bond donors (Lipinski definition) is 1. The maximum Gasteiger partial charge on any atom is 0.226 e. The normalized spacial score (nSPS) is 15.6. The Labute approximate surface area is 149 Å². The van der Waals surface area contributed by atoms with Gasteiger partial charge in [0.25, 0.3) is 0 Å². The SMILES string of the molecule is CC(=O)N1C=Cc2ccccc2C1CC(=O)Nc1ccc(Cl)cc1F. The van der Waals surface area contributed by atoms with Gasteiger partial charge in [0, 0.05) is 18.1 Å². The Hall–Kier alpha value is -2.66. The number of halogens is 2. The Balaban J connectivity index is 1.82. The van der Waals surface area contributed by atoms with Gasteiger partial charge in [0.2, 0.25) is 11.8 Å². The molecule has 1 aliphatic rings. The third-order valence-corrected chi connectivity index (χ3v) is 4.29. The van der Waals surface area contributed by atoms with E-state index in [1.807, 2.05) is 30.3 Å². The lowest BCUT2D eigenvalue weighted by atomic mass is 9.93. The van der Waals surface area contributed by atoms with Gasteiger partial charge in [-0.2, -0.15) is 0 Å². The molecule has 1 atom stereocenters. The van der Waals surface area contributed by atoms with E-state index in [0.717, 1.165) is 17.2 Å². The van der Waals surface area contributed by atoms with Crippen molar-refractivity contribution in [3.05, 3.63) is 70.6 Å². The smallest absolute Gasteiger partial charge is 0.226 e. The molecule has 0 radical (unpaired) electrons. The maximum atomic E-state index is 13.9. The molecule has 1 heterocycles. The summed E-state index contributed by atoms with van der Waals surface area (Å²) in [6.45, 7) is 1.45. The number of anilines is 1. The zero-order valence-electron chi connectivity index (χ0n) is 13.5. The van der Waals surface area contributed by atoms with E-state index in [1.165, 1.54) is 24.0 Å². The summed E-state index contributed by atoms with van der Waals surface area (Å²) in [5.41, 5.74) is 1.89. The number of rotatable bonds is 3. The van der Waals surface area contributed by atoms with Crippen molar-refractivity contribution in [1.29, 1.82) is 0 Å². The van der Waals surface area contributed by atoms with E-state index in [1.54, 1.807) is 6.20 Å². The van der Waals surface area contributed by atoms with Crippen LogP contribution < -0.4 is 5.32 Å². The fraction of sp³-hybridized carbons (Fsp3) is 0.158. The lowest BCUT2D eigenvalue weighted by Crippen LogP contribution is -2.33. The summed E-state index contributed by atoms with van der Waals surface area (Å²) in [5.74, 6) is -1.16. The summed E-state index contributed by atoms with van der Waals surface area (Å²) in [6, 6.07) is 11.2. The third kappa shape index (κ3) is 3.72. The molecule has 0 spiro atoms. The van der Waals surface area contributed by atoms with E-state index >= 15 is 0 Å². The standard InChI is InChI=1S/C19H16ClFN2O2/c1-12(24)23-9-8-13-4-2-3-5-15(13)18(23)11-19(25)22-17-7-6-14(20)10-16(17)21/h2-10,18H,11H2,1H3,(H,22,25). The van der Waals surface area contributed by atoms with Gasteiger partial charge in [-0.15, -0.1) is 0 Å². The number of hydrogen-bond acceptors (Lipinski definition) is 2. The zero-order valence-corrected chi connectivity index (χ0v) is 14.3. The van der Waals surface area contributed by atoms with Crippen LogP contribution in [0.4, 0.5) is 10.1 Å². The largest absolute Gasteiger partial charge is 0.324 e. The van der Waals surface area contributed by atoms with Gasteiger partial charge >= 0.3 is 0 Å². The summed E-state index contributed by atoms with van der Waals surface area (Å²) in [5, 5.41) is 2.79. The number of carbonyl (C=O) groups excluding carboxylic acids is 2. The molecule has 3 rings (SSSR count). The molecule has 0 aromatic heterocycles. The molecular formula is C19H16ClFN2O2. The first-order valence-corrected chi connectivity index (χ1v) is 8.14. The van der Waals surface area contributed by atoms with Crippen LogP contribution in [0.5, 0.6) is 0 Å². The minimum absolute atomic E-state index is 0.0169. The highest BCUT2D eigenvalue weighted by atomic mass is 35.5. The molecule has 25 heavy (non-hydrogen) atoms. The molecule has 2 aromatic carbocycles. The number of fused-ring (bicyclic) bond motifs is 1. The van der Waals surface area contributed by atoms with Crippen LogP contribution in [0.25, 0.3) is 6.08 Å². The van der Waals surface area contributed by atoms with E-state index in [0.29, 0.717) is 0 Å². The molecule has 1 aliphatic heterocycles. The van der Waals surface area contributed by atoms with Crippen molar-refractivity contribution in [3.63, 3.8) is 0 Å². The number of nitrogens with one attached hydrogen (secondary N) is 1. The number of nitrogens with zero attached hydrogens (tertiary/aromatic N) is 1. The van der Waals surface area contributed by atoms with E-state index in [9.17, 15) is 14.0 Å². The topological polar surface area (TPSA) is 49.4 Å². The Kier molecular flexibility index (Phi) is 4.86. The second kappa shape index (κ2) is 7.07. The van der Waals surface area contributed by atoms with Gasteiger partial charge in [0.15, 0.2) is 0 Å². The molecule has 0 bridgehead atoms. The van der Waals surface area contributed by atoms with Crippen LogP contribution >= 0.6 is 11.6 Å². The molecule has 1 unspecified atom stereocenters. The minimum Gasteiger partial charge on any atom is -0.324 e. The van der Waals surface area contributed by atoms with Crippen LogP contribution in [0.1, 0.15) is 30.5 Å². The third-order valence-electron chi connectivity index (χ3n) is 4.05. The molecular weight excluding hydrogens is 343 g/mol. The lowest BCUT2D eigenvalue weighted by Gasteiger charge is -2.32. The van der Waals surface area contributed by atoms with Gasteiger partial charge < -0.3 is 10.2 Å². The van der Waals surface area contributed by atoms with Crippen LogP contribution in [0.15, 0.2) is 48.7 Å². The van der Waals surface area contributed by atoms with Gasteiger partial charge in [-0.3, -0.25) is 9.59 Å². The highest BCUT2D eigenvalue weighted by Gasteiger charge is 2.28. The summed E-state index contributed by atoms with van der Waals surface area (Å²) < 4.78 is 13.9. The van der Waals surface area contributed by atoms with Crippen molar-refractivity contribution in [2.24, 2.45) is 0 Å². The molecule has 2 aromatic rings. The van der Waals surface area contributed by atoms with E-state index in [-0.39, 0.29) is 28.9 Å². The quantitative estimate of drug-likeness (QED) is 0.885. The molecule has 1 N–H and O–H groups in total. The van der Waals surface area contributed by atoms with Crippen LogP contribution in [0.2, 0.25) is 5.02 Å². The molecule has 4 nitrogen and oxygen atoms in total. The van der Waals surface area contributed by atoms with Gasteiger partial charge in [0.05, 0.1) is 18.2 Å². The number of benzene rings is 2.